The summed E-state index contributed by atoms with van der Waals surface area (Å²) in [5.41, 5.74) is 0.0882. The number of hydrogen-bond acceptors (Lipinski definition) is 3. The van der Waals surface area contributed by atoms with Crippen molar-refractivity contribution >= 4 is 0 Å². The molecule has 2 rings (SSSR count). The molecular formula is C11H10O3. The van der Waals surface area contributed by atoms with Gasteiger partial charge in [0.15, 0.2) is 11.5 Å². The van der Waals surface area contributed by atoms with Crippen LogP contribution < -0.4 is 0 Å². The lowest BCUT2D eigenvalue weighted by atomic mass is 9.95. The van der Waals surface area contributed by atoms with Crippen LogP contribution in [0.1, 0.15) is 18.4 Å². The van der Waals surface area contributed by atoms with E-state index in [2.05, 4.69) is 5.92 Å². The summed E-state index contributed by atoms with van der Waals surface area (Å²) in [6.45, 7) is 0. The van der Waals surface area contributed by atoms with Crippen molar-refractivity contribution in [2.75, 3.05) is 0 Å². The zero-order valence-corrected chi connectivity index (χ0v) is 7.49. The summed E-state index contributed by atoms with van der Waals surface area (Å²) in [6, 6.07) is 2.89. The van der Waals surface area contributed by atoms with Gasteiger partial charge in [0.05, 0.1) is 5.41 Å². The van der Waals surface area contributed by atoms with Gasteiger partial charge in [0.1, 0.15) is 0 Å². The minimum Gasteiger partial charge on any atom is -0.504 e. The second-order valence-corrected chi connectivity index (χ2v) is 3.56. The SMILES string of the molecule is C#CC1(c2ccc(O)c(O)c2O)CC1. The molecule has 1 aromatic carbocycles. The van der Waals surface area contributed by atoms with Gasteiger partial charge in [-0.2, -0.15) is 0 Å². The maximum Gasteiger partial charge on any atom is 0.200 e. The number of aromatic hydroxyl groups is 3. The van der Waals surface area contributed by atoms with Crippen molar-refractivity contribution < 1.29 is 15.3 Å². The third kappa shape index (κ3) is 1.01. The van der Waals surface area contributed by atoms with Crippen molar-refractivity contribution in [1.29, 1.82) is 0 Å². The molecule has 14 heavy (non-hydrogen) atoms. The van der Waals surface area contributed by atoms with E-state index in [1.165, 1.54) is 6.07 Å². The third-order valence-electron chi connectivity index (χ3n) is 2.67. The number of rotatable bonds is 1. The van der Waals surface area contributed by atoms with Crippen molar-refractivity contribution in [2.24, 2.45) is 0 Å². The van der Waals surface area contributed by atoms with Crippen LogP contribution in [0.5, 0.6) is 17.2 Å². The van der Waals surface area contributed by atoms with Gasteiger partial charge in [-0.15, -0.1) is 6.42 Å². The molecule has 0 bridgehead atoms. The predicted octanol–water partition coefficient (Wildman–Crippen LogP) is 1.47. The number of phenolic OH excluding ortho intramolecular Hbond substituents is 3. The van der Waals surface area contributed by atoms with Crippen LogP contribution in [0.25, 0.3) is 0 Å². The number of terminal acetylenes is 1. The minimum absolute atomic E-state index is 0.305. The Labute approximate surface area is 81.6 Å². The smallest absolute Gasteiger partial charge is 0.200 e. The third-order valence-corrected chi connectivity index (χ3v) is 2.67. The van der Waals surface area contributed by atoms with E-state index in [4.69, 9.17) is 11.5 Å². The van der Waals surface area contributed by atoms with Gasteiger partial charge < -0.3 is 15.3 Å². The van der Waals surface area contributed by atoms with Crippen LogP contribution in [0.3, 0.4) is 0 Å². The van der Waals surface area contributed by atoms with Gasteiger partial charge in [-0.05, 0) is 25.0 Å². The summed E-state index contributed by atoms with van der Waals surface area (Å²) in [5.74, 6) is 1.47. The predicted molar refractivity (Wildman–Crippen MR) is 51.2 cm³/mol. The van der Waals surface area contributed by atoms with Crippen molar-refractivity contribution in [2.45, 2.75) is 18.3 Å². The molecule has 1 aliphatic carbocycles. The van der Waals surface area contributed by atoms with Crippen LogP contribution in [0.15, 0.2) is 12.1 Å². The van der Waals surface area contributed by atoms with Crippen LogP contribution >= 0.6 is 0 Å². The zero-order valence-electron chi connectivity index (χ0n) is 7.49. The summed E-state index contributed by atoms with van der Waals surface area (Å²) >= 11 is 0. The zero-order chi connectivity index (χ0) is 10.3. The average molecular weight is 190 g/mol. The number of benzene rings is 1. The summed E-state index contributed by atoms with van der Waals surface area (Å²) in [5, 5.41) is 28.0. The van der Waals surface area contributed by atoms with E-state index >= 15 is 0 Å². The first-order chi connectivity index (χ1) is 6.60. The molecule has 3 nitrogen and oxygen atoms in total. The molecule has 0 aliphatic heterocycles. The summed E-state index contributed by atoms with van der Waals surface area (Å²) in [4.78, 5) is 0. The molecule has 0 aromatic heterocycles. The molecule has 0 spiro atoms. The van der Waals surface area contributed by atoms with Crippen LogP contribution in [-0.2, 0) is 5.41 Å². The van der Waals surface area contributed by atoms with E-state index < -0.39 is 11.2 Å². The normalized spacial score (nSPS) is 17.4. The van der Waals surface area contributed by atoms with Crippen LogP contribution in [-0.4, -0.2) is 15.3 Å². The summed E-state index contributed by atoms with van der Waals surface area (Å²) in [6.07, 6.45) is 6.97. The minimum atomic E-state index is -0.496. The first kappa shape index (κ1) is 8.76. The lowest BCUT2D eigenvalue weighted by Gasteiger charge is -2.11. The second-order valence-electron chi connectivity index (χ2n) is 3.56. The molecule has 1 aromatic rings. The highest BCUT2D eigenvalue weighted by molar-refractivity contribution is 5.59. The molecular weight excluding hydrogens is 180 g/mol. The van der Waals surface area contributed by atoms with Crippen molar-refractivity contribution in [3.05, 3.63) is 17.7 Å². The highest BCUT2D eigenvalue weighted by Gasteiger charge is 2.45. The molecule has 1 aliphatic rings. The van der Waals surface area contributed by atoms with E-state index in [-0.39, 0.29) is 11.5 Å². The Bertz CT molecular complexity index is 425. The molecule has 1 fully saturated rings. The maximum atomic E-state index is 9.58. The number of hydrogen-bond donors (Lipinski definition) is 3. The van der Waals surface area contributed by atoms with Gasteiger partial charge in [0, 0.05) is 5.56 Å². The lowest BCUT2D eigenvalue weighted by molar-refractivity contribution is 0.364. The topological polar surface area (TPSA) is 60.7 Å². The van der Waals surface area contributed by atoms with Gasteiger partial charge in [-0.3, -0.25) is 0 Å². The Morgan fingerprint density at radius 3 is 2.29 bits per heavy atom. The van der Waals surface area contributed by atoms with Crippen LogP contribution in [0.2, 0.25) is 0 Å². The molecule has 3 N–H and O–H groups in total. The molecule has 3 heteroatoms. The quantitative estimate of drug-likeness (QED) is 0.464. The number of phenols is 3. The van der Waals surface area contributed by atoms with Gasteiger partial charge in [0.2, 0.25) is 5.75 Å². The maximum absolute atomic E-state index is 9.58. The first-order valence-electron chi connectivity index (χ1n) is 4.33. The molecule has 0 heterocycles. The molecule has 0 saturated heterocycles. The van der Waals surface area contributed by atoms with Gasteiger partial charge >= 0.3 is 0 Å². The van der Waals surface area contributed by atoms with Crippen molar-refractivity contribution in [1.82, 2.24) is 0 Å². The fourth-order valence-electron chi connectivity index (χ4n) is 1.57. The van der Waals surface area contributed by atoms with E-state index in [0.717, 1.165) is 12.8 Å². The molecule has 0 unspecified atom stereocenters. The monoisotopic (exact) mass is 190 g/mol. The van der Waals surface area contributed by atoms with Gasteiger partial charge in [0.25, 0.3) is 0 Å². The standard InChI is InChI=1S/C11H10O3/c1-2-11(5-6-11)7-3-4-8(12)10(14)9(7)13/h1,3-4,12-14H,5-6H2. The van der Waals surface area contributed by atoms with Crippen LogP contribution in [0.4, 0.5) is 0 Å². The lowest BCUT2D eigenvalue weighted by Crippen LogP contribution is -2.02. The molecule has 0 amide bonds. The van der Waals surface area contributed by atoms with Gasteiger partial charge in [-0.25, -0.2) is 0 Å². The summed E-state index contributed by atoms with van der Waals surface area (Å²) < 4.78 is 0. The van der Waals surface area contributed by atoms with Crippen molar-refractivity contribution in [3.8, 4) is 29.6 Å². The van der Waals surface area contributed by atoms with E-state index in [9.17, 15) is 10.2 Å². The summed E-state index contributed by atoms with van der Waals surface area (Å²) in [7, 11) is 0. The Balaban J connectivity index is 2.57. The van der Waals surface area contributed by atoms with Crippen molar-refractivity contribution in [3.63, 3.8) is 0 Å². The highest BCUT2D eigenvalue weighted by Crippen LogP contribution is 2.53. The first-order valence-corrected chi connectivity index (χ1v) is 4.33. The Morgan fingerprint density at radius 2 is 1.79 bits per heavy atom. The molecule has 0 radical (unpaired) electrons. The Morgan fingerprint density at radius 1 is 1.14 bits per heavy atom. The Hall–Kier alpha value is -1.82. The van der Waals surface area contributed by atoms with E-state index in [1.807, 2.05) is 0 Å². The van der Waals surface area contributed by atoms with E-state index in [0.29, 0.717) is 5.56 Å². The van der Waals surface area contributed by atoms with Gasteiger partial charge in [-0.1, -0.05) is 5.92 Å². The van der Waals surface area contributed by atoms with Crippen LogP contribution in [0, 0.1) is 12.3 Å². The highest BCUT2D eigenvalue weighted by atomic mass is 16.3. The molecule has 0 atom stereocenters. The average Bonchev–Trinajstić information content (AvgIpc) is 2.95. The molecule has 1 saturated carbocycles. The van der Waals surface area contributed by atoms with E-state index in [1.54, 1.807) is 6.07 Å². The Kier molecular flexibility index (Phi) is 1.62. The fraction of sp³-hybridized carbons (Fsp3) is 0.273. The molecule has 72 valence electrons. The largest absolute Gasteiger partial charge is 0.504 e. The fourth-order valence-corrected chi connectivity index (χ4v) is 1.57. The second kappa shape index (κ2) is 2.58.